The molecule has 1 atom stereocenters. The average molecular weight is 296 g/mol. The van der Waals surface area contributed by atoms with E-state index in [-0.39, 0.29) is 0 Å². The Hall–Kier alpha value is -1.14. The molecular formula is C13H16N2O2S2. The van der Waals surface area contributed by atoms with Gasteiger partial charge in [-0.3, -0.25) is 4.21 Å². The highest BCUT2D eigenvalue weighted by molar-refractivity contribution is 8.00. The third kappa shape index (κ3) is 4.47. The van der Waals surface area contributed by atoms with Crippen molar-refractivity contribution in [1.29, 1.82) is 0 Å². The average Bonchev–Trinajstić information content (AvgIpc) is 2.88. The fraction of sp³-hybridized carbons (Fsp3) is 0.385. The minimum atomic E-state index is -0.964. The van der Waals surface area contributed by atoms with Crippen molar-refractivity contribution < 1.29 is 8.63 Å². The number of rotatable bonds is 7. The van der Waals surface area contributed by atoms with E-state index in [2.05, 4.69) is 17.1 Å². The molecule has 1 heterocycles. The van der Waals surface area contributed by atoms with Gasteiger partial charge in [-0.25, -0.2) is 0 Å². The van der Waals surface area contributed by atoms with Crippen molar-refractivity contribution >= 4 is 22.6 Å². The Labute approximate surface area is 119 Å². The van der Waals surface area contributed by atoms with E-state index < -0.39 is 10.8 Å². The molecule has 102 valence electrons. The van der Waals surface area contributed by atoms with E-state index >= 15 is 0 Å². The summed E-state index contributed by atoms with van der Waals surface area (Å²) >= 11 is 1.46. The number of nitrogens with zero attached hydrogens (tertiary/aromatic N) is 2. The molecule has 19 heavy (non-hydrogen) atoms. The Morgan fingerprint density at radius 1 is 1.26 bits per heavy atom. The van der Waals surface area contributed by atoms with Gasteiger partial charge in [-0.1, -0.05) is 36.9 Å². The van der Waals surface area contributed by atoms with Crippen molar-refractivity contribution in [3.8, 4) is 0 Å². The van der Waals surface area contributed by atoms with Crippen LogP contribution in [0.3, 0.4) is 0 Å². The van der Waals surface area contributed by atoms with Crippen LogP contribution in [0.1, 0.15) is 19.2 Å². The highest BCUT2D eigenvalue weighted by atomic mass is 32.2. The van der Waals surface area contributed by atoms with Crippen LogP contribution in [0, 0.1) is 0 Å². The lowest BCUT2D eigenvalue weighted by Gasteiger charge is -2.00. The molecule has 0 radical (unpaired) electrons. The molecule has 0 fully saturated rings. The first-order chi connectivity index (χ1) is 9.29. The maximum atomic E-state index is 12.0. The topological polar surface area (TPSA) is 56.0 Å². The second-order valence-electron chi connectivity index (χ2n) is 3.92. The zero-order valence-electron chi connectivity index (χ0n) is 10.7. The largest absolute Gasteiger partial charge is 0.416 e. The maximum Gasteiger partial charge on any atom is 0.276 e. The molecule has 1 aromatic heterocycles. The summed E-state index contributed by atoms with van der Waals surface area (Å²) in [7, 11) is -0.964. The van der Waals surface area contributed by atoms with E-state index in [0.717, 1.165) is 17.7 Å². The number of aryl methyl sites for hydroxylation is 1. The van der Waals surface area contributed by atoms with Gasteiger partial charge in [0.1, 0.15) is 0 Å². The molecule has 1 unspecified atom stereocenters. The summed E-state index contributed by atoms with van der Waals surface area (Å²) in [6.45, 7) is 2.07. The molecule has 6 heteroatoms. The van der Waals surface area contributed by atoms with Gasteiger partial charge in [-0.2, -0.15) is 0 Å². The van der Waals surface area contributed by atoms with Gasteiger partial charge in [0.05, 0.1) is 10.8 Å². The monoisotopic (exact) mass is 296 g/mol. The number of benzene rings is 1. The van der Waals surface area contributed by atoms with Crippen molar-refractivity contribution in [3.05, 3.63) is 36.2 Å². The Bertz CT molecular complexity index is 528. The third-order valence-electron chi connectivity index (χ3n) is 2.41. The first-order valence-electron chi connectivity index (χ1n) is 6.18. The van der Waals surface area contributed by atoms with E-state index in [1.54, 1.807) is 0 Å². The summed E-state index contributed by atoms with van der Waals surface area (Å²) in [5, 5.41) is 8.46. The molecule has 0 aliphatic carbocycles. The SMILES string of the molecule is CCCc1nnc(SCCS(=O)c2ccccc2)o1. The Kier molecular flexibility index (Phi) is 5.60. The van der Waals surface area contributed by atoms with Gasteiger partial charge >= 0.3 is 0 Å². The number of thioether (sulfide) groups is 1. The lowest BCUT2D eigenvalue weighted by atomic mass is 10.3. The van der Waals surface area contributed by atoms with Gasteiger partial charge in [-0.05, 0) is 18.6 Å². The predicted molar refractivity (Wildman–Crippen MR) is 76.7 cm³/mol. The maximum absolute atomic E-state index is 12.0. The van der Waals surface area contributed by atoms with E-state index in [1.807, 2.05) is 30.3 Å². The molecule has 2 rings (SSSR count). The fourth-order valence-corrected chi connectivity index (χ4v) is 3.57. The van der Waals surface area contributed by atoms with Crippen LogP contribution in [0.5, 0.6) is 0 Å². The number of hydrogen-bond acceptors (Lipinski definition) is 5. The lowest BCUT2D eigenvalue weighted by molar-refractivity contribution is 0.411. The minimum Gasteiger partial charge on any atom is -0.416 e. The van der Waals surface area contributed by atoms with Crippen LogP contribution < -0.4 is 0 Å². The Morgan fingerprint density at radius 3 is 2.79 bits per heavy atom. The molecule has 0 amide bonds. The second kappa shape index (κ2) is 7.45. The summed E-state index contributed by atoms with van der Waals surface area (Å²) in [5.74, 6) is 1.96. The van der Waals surface area contributed by atoms with Gasteiger partial charge < -0.3 is 4.42 Å². The van der Waals surface area contributed by atoms with Crippen LogP contribution in [-0.4, -0.2) is 25.9 Å². The van der Waals surface area contributed by atoms with Gasteiger partial charge in [0.25, 0.3) is 5.22 Å². The molecule has 0 N–H and O–H groups in total. The van der Waals surface area contributed by atoms with Crippen molar-refractivity contribution in [3.63, 3.8) is 0 Å². The molecule has 0 aliphatic rings. The molecule has 4 nitrogen and oxygen atoms in total. The zero-order valence-corrected chi connectivity index (χ0v) is 12.4. The smallest absolute Gasteiger partial charge is 0.276 e. The molecular weight excluding hydrogens is 280 g/mol. The van der Waals surface area contributed by atoms with Gasteiger partial charge in [0.15, 0.2) is 0 Å². The standard InChI is InChI=1S/C13H16N2O2S2/c1-2-6-12-14-15-13(17-12)18-9-10-19(16)11-7-4-3-5-8-11/h3-5,7-8H,2,6,9-10H2,1H3. The van der Waals surface area contributed by atoms with E-state index in [0.29, 0.717) is 22.6 Å². The zero-order chi connectivity index (χ0) is 13.5. The van der Waals surface area contributed by atoms with Crippen molar-refractivity contribution in [2.45, 2.75) is 29.9 Å². The molecule has 0 aliphatic heterocycles. The molecule has 0 saturated carbocycles. The molecule has 0 saturated heterocycles. The van der Waals surface area contributed by atoms with Crippen LogP contribution in [0.25, 0.3) is 0 Å². The third-order valence-corrected chi connectivity index (χ3v) is 4.86. The number of hydrogen-bond donors (Lipinski definition) is 0. The second-order valence-corrected chi connectivity index (χ2v) is 6.54. The first-order valence-corrected chi connectivity index (χ1v) is 8.48. The van der Waals surface area contributed by atoms with Crippen LogP contribution in [0.2, 0.25) is 0 Å². The summed E-state index contributed by atoms with van der Waals surface area (Å²) in [4.78, 5) is 0.861. The van der Waals surface area contributed by atoms with Crippen molar-refractivity contribution in [2.24, 2.45) is 0 Å². The fourth-order valence-electron chi connectivity index (χ4n) is 1.51. The van der Waals surface area contributed by atoms with E-state index in [9.17, 15) is 4.21 Å². The van der Waals surface area contributed by atoms with Gasteiger partial charge in [-0.15, -0.1) is 10.2 Å². The Balaban J connectivity index is 1.78. The van der Waals surface area contributed by atoms with E-state index in [1.165, 1.54) is 11.8 Å². The van der Waals surface area contributed by atoms with Crippen molar-refractivity contribution in [2.75, 3.05) is 11.5 Å². The normalized spacial score (nSPS) is 12.5. The summed E-state index contributed by atoms with van der Waals surface area (Å²) in [6.07, 6.45) is 1.80. The van der Waals surface area contributed by atoms with E-state index in [4.69, 9.17) is 4.42 Å². The first kappa shape index (κ1) is 14.3. The molecule has 2 aromatic rings. The lowest BCUT2D eigenvalue weighted by Crippen LogP contribution is -2.00. The van der Waals surface area contributed by atoms with Gasteiger partial charge in [0.2, 0.25) is 5.89 Å². The minimum absolute atomic E-state index is 0.563. The summed E-state index contributed by atoms with van der Waals surface area (Å²) < 4.78 is 17.4. The number of aromatic nitrogens is 2. The molecule has 0 bridgehead atoms. The predicted octanol–water partition coefficient (Wildman–Crippen LogP) is 2.92. The summed E-state index contributed by atoms with van der Waals surface area (Å²) in [5.41, 5.74) is 0. The Morgan fingerprint density at radius 2 is 2.05 bits per heavy atom. The van der Waals surface area contributed by atoms with Crippen LogP contribution >= 0.6 is 11.8 Å². The van der Waals surface area contributed by atoms with Gasteiger partial charge in [0, 0.05) is 22.8 Å². The van der Waals surface area contributed by atoms with Crippen LogP contribution in [-0.2, 0) is 17.2 Å². The highest BCUT2D eigenvalue weighted by Gasteiger charge is 2.08. The molecule has 1 aromatic carbocycles. The van der Waals surface area contributed by atoms with Crippen LogP contribution in [0.15, 0.2) is 44.9 Å². The quantitative estimate of drug-likeness (QED) is 0.735. The van der Waals surface area contributed by atoms with Crippen LogP contribution in [0.4, 0.5) is 0 Å². The summed E-state index contributed by atoms with van der Waals surface area (Å²) in [6, 6.07) is 9.48. The van der Waals surface area contributed by atoms with Crippen molar-refractivity contribution in [1.82, 2.24) is 10.2 Å². The highest BCUT2D eigenvalue weighted by Crippen LogP contribution is 2.17. The molecule has 0 spiro atoms.